The van der Waals surface area contributed by atoms with Crippen molar-refractivity contribution >= 4 is 5.97 Å². The van der Waals surface area contributed by atoms with Gasteiger partial charge < -0.3 is 19.5 Å². The van der Waals surface area contributed by atoms with Crippen LogP contribution in [-0.2, 0) is 16.0 Å². The molecule has 5 heteroatoms. The van der Waals surface area contributed by atoms with Crippen LogP contribution < -0.4 is 4.74 Å². The molecule has 30 heavy (non-hydrogen) atoms. The second-order valence-electron chi connectivity index (χ2n) is 8.61. The van der Waals surface area contributed by atoms with Crippen molar-refractivity contribution in [2.75, 3.05) is 27.2 Å². The second kappa shape index (κ2) is 10.5. The molecule has 0 amide bonds. The zero-order valence-corrected chi connectivity index (χ0v) is 19.3. The smallest absolute Gasteiger partial charge is 0.344 e. The van der Waals surface area contributed by atoms with Gasteiger partial charge in [0.25, 0.3) is 0 Å². The lowest BCUT2D eigenvalue weighted by Gasteiger charge is -2.18. The average molecular weight is 414 g/mol. The van der Waals surface area contributed by atoms with Gasteiger partial charge in [-0.3, -0.25) is 0 Å². The van der Waals surface area contributed by atoms with Crippen LogP contribution >= 0.6 is 0 Å². The first-order chi connectivity index (χ1) is 14.1. The number of carbonyl (C=O) groups is 1. The largest absolute Gasteiger partial charge is 0.508 e. The number of rotatable bonds is 9. The fourth-order valence-electron chi connectivity index (χ4n) is 3.65. The first-order valence-corrected chi connectivity index (χ1v) is 10.5. The third-order valence-electron chi connectivity index (χ3n) is 5.08. The molecular formula is C25H35NO4. The van der Waals surface area contributed by atoms with Gasteiger partial charge in [-0.25, -0.2) is 4.79 Å². The number of nitrogens with zero attached hydrogens (tertiary/aromatic N) is 1. The number of hydrogen-bond acceptors (Lipinski definition) is 5. The van der Waals surface area contributed by atoms with Gasteiger partial charge in [0.15, 0.2) is 6.61 Å². The van der Waals surface area contributed by atoms with Crippen molar-refractivity contribution in [3.05, 3.63) is 58.1 Å². The molecule has 2 aromatic carbocycles. The minimum Gasteiger partial charge on any atom is -0.508 e. The third-order valence-corrected chi connectivity index (χ3v) is 5.08. The summed E-state index contributed by atoms with van der Waals surface area (Å²) in [6.07, 6.45) is 0.602. The van der Waals surface area contributed by atoms with E-state index in [1.54, 1.807) is 6.07 Å². The number of esters is 1. The molecule has 0 aromatic heterocycles. The van der Waals surface area contributed by atoms with Gasteiger partial charge in [-0.15, -0.1) is 0 Å². The van der Waals surface area contributed by atoms with E-state index in [1.807, 2.05) is 44.1 Å². The number of carbonyl (C=O) groups excluding carboxylic acids is 1. The third kappa shape index (κ3) is 6.77. The highest BCUT2D eigenvalue weighted by Gasteiger charge is 2.13. The highest BCUT2D eigenvalue weighted by atomic mass is 16.6. The molecule has 2 rings (SSSR count). The molecule has 0 heterocycles. The van der Waals surface area contributed by atoms with Gasteiger partial charge >= 0.3 is 5.97 Å². The van der Waals surface area contributed by atoms with Crippen LogP contribution in [0.15, 0.2) is 30.3 Å². The minimum atomic E-state index is -0.367. The van der Waals surface area contributed by atoms with Crippen LogP contribution in [0, 0.1) is 13.8 Å². The van der Waals surface area contributed by atoms with E-state index in [1.165, 1.54) is 5.56 Å². The zero-order chi connectivity index (χ0) is 22.4. The minimum absolute atomic E-state index is 0.105. The van der Waals surface area contributed by atoms with E-state index in [0.717, 1.165) is 28.7 Å². The van der Waals surface area contributed by atoms with Crippen LogP contribution in [0.25, 0.3) is 0 Å². The van der Waals surface area contributed by atoms with Crippen LogP contribution in [0.2, 0.25) is 0 Å². The van der Waals surface area contributed by atoms with Gasteiger partial charge in [0.1, 0.15) is 17.6 Å². The fraction of sp³-hybridized carbons (Fsp3) is 0.480. The molecule has 0 spiro atoms. The number of aromatic hydroxyl groups is 1. The quantitative estimate of drug-likeness (QED) is 0.609. The van der Waals surface area contributed by atoms with Gasteiger partial charge in [0, 0.05) is 6.54 Å². The van der Waals surface area contributed by atoms with Crippen molar-refractivity contribution in [3.8, 4) is 11.5 Å². The molecule has 0 aliphatic rings. The highest BCUT2D eigenvalue weighted by molar-refractivity contribution is 5.71. The number of hydrogen-bond donors (Lipinski definition) is 1. The number of phenols is 1. The normalized spacial score (nSPS) is 12.3. The van der Waals surface area contributed by atoms with Crippen LogP contribution in [0.3, 0.4) is 0 Å². The zero-order valence-electron chi connectivity index (χ0n) is 19.3. The summed E-state index contributed by atoms with van der Waals surface area (Å²) in [6.45, 7) is 10.7. The van der Waals surface area contributed by atoms with E-state index in [0.29, 0.717) is 18.0 Å². The summed E-state index contributed by atoms with van der Waals surface area (Å²) in [6, 6.07) is 9.74. The lowest BCUT2D eigenvalue weighted by atomic mass is 9.93. The Labute approximate surface area is 180 Å². The van der Waals surface area contributed by atoms with Gasteiger partial charge in [-0.2, -0.15) is 0 Å². The predicted molar refractivity (Wildman–Crippen MR) is 121 cm³/mol. The van der Waals surface area contributed by atoms with Crippen molar-refractivity contribution < 1.29 is 19.4 Å². The molecule has 0 aliphatic heterocycles. The fourth-order valence-corrected chi connectivity index (χ4v) is 3.65. The van der Waals surface area contributed by atoms with E-state index in [4.69, 9.17) is 9.47 Å². The number of benzene rings is 2. The van der Waals surface area contributed by atoms with E-state index in [2.05, 4.69) is 33.8 Å². The molecule has 5 nitrogen and oxygen atoms in total. The molecule has 0 aliphatic carbocycles. The summed E-state index contributed by atoms with van der Waals surface area (Å²) in [5.41, 5.74) is 5.57. The van der Waals surface area contributed by atoms with E-state index in [9.17, 15) is 9.90 Å². The van der Waals surface area contributed by atoms with Gasteiger partial charge in [-0.05, 0) is 93.2 Å². The summed E-state index contributed by atoms with van der Waals surface area (Å²) in [4.78, 5) is 14.0. The molecule has 0 saturated carbocycles. The van der Waals surface area contributed by atoms with E-state index in [-0.39, 0.29) is 24.6 Å². The highest BCUT2D eigenvalue weighted by Crippen LogP contribution is 2.29. The van der Waals surface area contributed by atoms with Gasteiger partial charge in [0.05, 0.1) is 0 Å². The van der Waals surface area contributed by atoms with Gasteiger partial charge in [0.2, 0.25) is 0 Å². The molecule has 0 bridgehead atoms. The summed E-state index contributed by atoms with van der Waals surface area (Å²) >= 11 is 0. The predicted octanol–water partition coefficient (Wildman–Crippen LogP) is 4.60. The van der Waals surface area contributed by atoms with Crippen molar-refractivity contribution in [1.29, 1.82) is 0 Å². The molecule has 1 unspecified atom stereocenters. The molecule has 1 N–H and O–H groups in total. The second-order valence-corrected chi connectivity index (χ2v) is 8.61. The molecule has 164 valence electrons. The number of ether oxygens (including phenoxy) is 2. The molecular weight excluding hydrogens is 378 g/mol. The number of phenolic OH excluding ortho intramolecular Hbond substituents is 1. The molecule has 0 saturated heterocycles. The summed E-state index contributed by atoms with van der Waals surface area (Å²) in [5.74, 6) is 0.912. The Kier molecular flexibility index (Phi) is 8.30. The van der Waals surface area contributed by atoms with Crippen molar-refractivity contribution in [1.82, 2.24) is 4.90 Å². The van der Waals surface area contributed by atoms with Crippen molar-refractivity contribution in [2.24, 2.45) is 0 Å². The Morgan fingerprint density at radius 1 is 1.07 bits per heavy atom. The van der Waals surface area contributed by atoms with E-state index >= 15 is 0 Å². The SMILES string of the molecule is Cc1cc(OCC(=O)OC(C)CN(C)C)cc(C)c1Cc1ccc(O)c(C(C)C)c1. The number of aryl methyl sites for hydroxylation is 2. The molecule has 0 radical (unpaired) electrons. The topological polar surface area (TPSA) is 59.0 Å². The Balaban J connectivity index is 2.05. The lowest BCUT2D eigenvalue weighted by molar-refractivity contribution is -0.151. The van der Waals surface area contributed by atoms with Crippen LogP contribution in [0.5, 0.6) is 11.5 Å². The number of likely N-dealkylation sites (N-methyl/N-ethyl adjacent to an activating group) is 1. The first-order valence-electron chi connectivity index (χ1n) is 10.5. The Morgan fingerprint density at radius 3 is 2.27 bits per heavy atom. The molecule has 0 fully saturated rings. The maximum absolute atomic E-state index is 12.0. The maximum atomic E-state index is 12.0. The maximum Gasteiger partial charge on any atom is 0.344 e. The van der Waals surface area contributed by atoms with Crippen LogP contribution in [0.1, 0.15) is 54.5 Å². The first kappa shape index (κ1) is 23.7. The summed E-state index contributed by atoms with van der Waals surface area (Å²) in [5, 5.41) is 10.1. The molecule has 2 aromatic rings. The summed E-state index contributed by atoms with van der Waals surface area (Å²) < 4.78 is 11.0. The molecule has 1 atom stereocenters. The lowest BCUT2D eigenvalue weighted by Crippen LogP contribution is -2.29. The standard InChI is InChI=1S/C25H35NO4/c1-16(2)22-12-20(8-9-24(22)27)13-23-17(3)10-21(11-18(23)4)29-15-25(28)30-19(5)14-26(6)7/h8-12,16,19,27H,13-15H2,1-7H3. The van der Waals surface area contributed by atoms with Crippen LogP contribution in [-0.4, -0.2) is 49.3 Å². The summed E-state index contributed by atoms with van der Waals surface area (Å²) in [7, 11) is 3.88. The Bertz CT molecular complexity index is 850. The van der Waals surface area contributed by atoms with Crippen molar-refractivity contribution in [3.63, 3.8) is 0 Å². The monoisotopic (exact) mass is 413 g/mol. The Hall–Kier alpha value is -2.53. The van der Waals surface area contributed by atoms with E-state index < -0.39 is 0 Å². The van der Waals surface area contributed by atoms with Crippen molar-refractivity contribution in [2.45, 2.75) is 53.1 Å². The van der Waals surface area contributed by atoms with Crippen LogP contribution in [0.4, 0.5) is 0 Å². The average Bonchev–Trinajstić information content (AvgIpc) is 2.63. The van der Waals surface area contributed by atoms with Gasteiger partial charge in [-0.1, -0.05) is 26.0 Å². The Morgan fingerprint density at radius 2 is 1.70 bits per heavy atom.